The van der Waals surface area contributed by atoms with Gasteiger partial charge in [-0.05, 0) is 83.4 Å². The summed E-state index contributed by atoms with van der Waals surface area (Å²) in [6, 6.07) is 17.9. The van der Waals surface area contributed by atoms with Gasteiger partial charge in [-0.25, -0.2) is 4.98 Å². The van der Waals surface area contributed by atoms with Gasteiger partial charge in [0.15, 0.2) is 0 Å². The second kappa shape index (κ2) is 14.1. The van der Waals surface area contributed by atoms with Crippen molar-refractivity contribution in [3.63, 3.8) is 0 Å². The van der Waals surface area contributed by atoms with Crippen LogP contribution in [0.3, 0.4) is 0 Å². The van der Waals surface area contributed by atoms with Gasteiger partial charge in [0.2, 0.25) is 17.6 Å². The van der Waals surface area contributed by atoms with E-state index in [4.69, 9.17) is 30.8 Å². The highest BCUT2D eigenvalue weighted by atomic mass is 79.9. The molecule has 0 saturated carbocycles. The maximum absolute atomic E-state index is 11.7. The van der Waals surface area contributed by atoms with Gasteiger partial charge in [0, 0.05) is 23.2 Å². The number of aromatic nitrogens is 2. The number of aliphatic hydroxyl groups excluding tert-OH is 1. The fourth-order valence-electron chi connectivity index (χ4n) is 6.16. The summed E-state index contributed by atoms with van der Waals surface area (Å²) < 4.78 is 18.3. The molecule has 6 rings (SSSR count). The summed E-state index contributed by atoms with van der Waals surface area (Å²) >= 11 is 10.7. The van der Waals surface area contributed by atoms with Crippen LogP contribution >= 0.6 is 27.5 Å². The molecule has 4 aromatic rings. The number of rotatable bonds is 12. The molecule has 0 unspecified atom stereocenters. The lowest BCUT2D eigenvalue weighted by atomic mass is 9.85. The number of methoxy groups -OCH3 is 2. The molecule has 2 aliphatic rings. The van der Waals surface area contributed by atoms with Crippen LogP contribution in [0.1, 0.15) is 48.1 Å². The van der Waals surface area contributed by atoms with Gasteiger partial charge in [0.05, 0.1) is 53.5 Å². The molecule has 1 aliphatic heterocycles. The third-order valence-corrected chi connectivity index (χ3v) is 9.98. The lowest BCUT2D eigenvalue weighted by Gasteiger charge is -2.22. The molecule has 48 heavy (non-hydrogen) atoms. The molecule has 1 aliphatic carbocycles. The van der Waals surface area contributed by atoms with E-state index in [0.717, 1.165) is 65.1 Å². The van der Waals surface area contributed by atoms with Crippen LogP contribution in [0, 0.1) is 5.41 Å². The molecular weight excluding hydrogens is 700 g/mol. The first kappa shape index (κ1) is 33.7. The molecule has 3 N–H and O–H groups in total. The number of ether oxygens (including phenoxy) is 3. The highest BCUT2D eigenvalue weighted by Gasteiger charge is 2.33. The number of hydrogen-bond donors (Lipinski definition) is 3. The molecule has 0 fully saturated rings. The van der Waals surface area contributed by atoms with Crippen LogP contribution in [0.25, 0.3) is 22.4 Å². The third-order valence-electron chi connectivity index (χ3n) is 9.01. The predicted octanol–water partition coefficient (Wildman–Crippen LogP) is 6.68. The van der Waals surface area contributed by atoms with Crippen molar-refractivity contribution >= 4 is 39.3 Å². The first-order chi connectivity index (χ1) is 23.2. The van der Waals surface area contributed by atoms with Gasteiger partial charge >= 0.3 is 5.97 Å². The second-order valence-electron chi connectivity index (χ2n) is 12.1. The zero-order valence-electron chi connectivity index (χ0n) is 26.8. The van der Waals surface area contributed by atoms with Crippen LogP contribution in [-0.4, -0.2) is 65.9 Å². The van der Waals surface area contributed by atoms with E-state index < -0.39 is 18.0 Å². The molecule has 12 heteroatoms. The number of benzene rings is 2. The Morgan fingerprint density at radius 1 is 1.02 bits per heavy atom. The van der Waals surface area contributed by atoms with Crippen molar-refractivity contribution in [1.82, 2.24) is 15.3 Å². The molecule has 250 valence electrons. The second-order valence-corrected chi connectivity index (χ2v) is 13.3. The minimum atomic E-state index is -1.27. The first-order valence-corrected chi connectivity index (χ1v) is 16.8. The Bertz CT molecular complexity index is 1900. The van der Waals surface area contributed by atoms with Crippen molar-refractivity contribution in [2.45, 2.75) is 38.7 Å². The minimum Gasteiger partial charge on any atom is -0.481 e. The first-order valence-electron chi connectivity index (χ1n) is 15.7. The Hall–Kier alpha value is -4.19. The molecule has 0 radical (unpaired) electrons. The van der Waals surface area contributed by atoms with Crippen LogP contribution in [0.5, 0.6) is 17.6 Å². The standard InChI is InChI=1S/C36H36BrClN4O6/c1-36(19-43,35(44)45)15-14-20-18-27(37)34(42-32(20)46-2)48-29-13-11-22-21(6-4-7-23(22)29)24-8-5-9-25(30(24)38)28-12-10-26(33(41-28)47-3)31-39-16-17-40-31/h4-10,12,18,29,43H,11,13-17,19H2,1-3H3,(H,39,40)(H,44,45)/t29-,36+/m0/s1. The maximum Gasteiger partial charge on any atom is 0.311 e. The summed E-state index contributed by atoms with van der Waals surface area (Å²) in [7, 11) is 3.12. The molecule has 10 nitrogen and oxygen atoms in total. The van der Waals surface area contributed by atoms with Gasteiger partial charge < -0.3 is 29.7 Å². The van der Waals surface area contributed by atoms with E-state index in [1.54, 1.807) is 7.11 Å². The van der Waals surface area contributed by atoms with Gasteiger partial charge in [0.1, 0.15) is 11.9 Å². The average Bonchev–Trinajstić information content (AvgIpc) is 3.79. The number of amidine groups is 1. The van der Waals surface area contributed by atoms with Crippen LogP contribution in [0.4, 0.5) is 0 Å². The number of nitrogens with zero attached hydrogens (tertiary/aromatic N) is 3. The number of carbonyl (C=O) groups is 1. The largest absolute Gasteiger partial charge is 0.481 e. The number of hydrogen-bond acceptors (Lipinski definition) is 9. The smallest absolute Gasteiger partial charge is 0.311 e. The van der Waals surface area contributed by atoms with Crippen LogP contribution in [0.15, 0.2) is 64.1 Å². The molecule has 0 saturated heterocycles. The number of aliphatic hydroxyl groups is 1. The number of halogens is 2. The average molecular weight is 736 g/mol. The van der Waals surface area contributed by atoms with Gasteiger partial charge in [-0.2, -0.15) is 4.98 Å². The van der Waals surface area contributed by atoms with Crippen LogP contribution in [0.2, 0.25) is 5.02 Å². The van der Waals surface area contributed by atoms with Gasteiger partial charge in [-0.15, -0.1) is 0 Å². The molecule has 3 heterocycles. The summed E-state index contributed by atoms with van der Waals surface area (Å²) in [4.78, 5) is 25.6. The molecule has 2 aromatic carbocycles. The zero-order valence-corrected chi connectivity index (χ0v) is 29.2. The van der Waals surface area contributed by atoms with Crippen molar-refractivity contribution in [3.8, 4) is 40.0 Å². The summed E-state index contributed by atoms with van der Waals surface area (Å²) in [5.74, 6) is 0.933. The highest BCUT2D eigenvalue weighted by molar-refractivity contribution is 9.10. The Kier molecular flexibility index (Phi) is 9.91. The molecule has 0 spiro atoms. The van der Waals surface area contributed by atoms with Crippen LogP contribution in [-0.2, 0) is 17.6 Å². The monoisotopic (exact) mass is 734 g/mol. The lowest BCUT2D eigenvalue weighted by Crippen LogP contribution is -2.32. The lowest BCUT2D eigenvalue weighted by molar-refractivity contribution is -0.150. The Morgan fingerprint density at radius 2 is 1.77 bits per heavy atom. The number of nitrogens with one attached hydrogen (secondary N) is 1. The quantitative estimate of drug-likeness (QED) is 0.146. The third kappa shape index (κ3) is 6.46. The number of carboxylic acid groups (broad SMARTS) is 1. The van der Waals surface area contributed by atoms with Crippen molar-refractivity contribution in [2.24, 2.45) is 10.4 Å². The predicted molar refractivity (Wildman–Crippen MR) is 187 cm³/mol. The summed E-state index contributed by atoms with van der Waals surface area (Å²) in [5, 5.41) is 23.1. The van der Waals surface area contributed by atoms with E-state index in [1.165, 1.54) is 14.0 Å². The zero-order chi connectivity index (χ0) is 34.0. The SMILES string of the molecule is COc1nc(O[C@H]2CCc3c(-c4cccc(-c5ccc(C6=NCCN6)c(OC)n5)c4Cl)cccc32)c(Br)cc1CC[C@](C)(CO)C(=O)O. The number of aliphatic imine (C=N–C) groups is 1. The van der Waals surface area contributed by atoms with Gasteiger partial charge in [-0.1, -0.05) is 48.0 Å². The summed E-state index contributed by atoms with van der Waals surface area (Å²) in [5.41, 5.74) is 5.91. The number of aryl methyl sites for hydroxylation is 1. The van der Waals surface area contributed by atoms with E-state index in [9.17, 15) is 15.0 Å². The van der Waals surface area contributed by atoms with Crippen molar-refractivity contribution in [1.29, 1.82) is 0 Å². The Labute approximate surface area is 292 Å². The minimum absolute atomic E-state index is 0.216. The van der Waals surface area contributed by atoms with Crippen LogP contribution < -0.4 is 19.5 Å². The number of fused-ring (bicyclic) bond motifs is 1. The van der Waals surface area contributed by atoms with E-state index in [-0.39, 0.29) is 12.5 Å². The van der Waals surface area contributed by atoms with Gasteiger partial charge in [0.25, 0.3) is 0 Å². The molecule has 0 bridgehead atoms. The molecule has 2 aromatic heterocycles. The van der Waals surface area contributed by atoms with E-state index >= 15 is 0 Å². The summed E-state index contributed by atoms with van der Waals surface area (Å²) in [6.45, 7) is 2.56. The number of aliphatic carboxylic acids is 1. The molecule has 2 atom stereocenters. The van der Waals surface area contributed by atoms with E-state index in [2.05, 4.69) is 43.4 Å². The van der Waals surface area contributed by atoms with Crippen molar-refractivity contribution < 1.29 is 29.2 Å². The fraction of sp³-hybridized carbons (Fsp3) is 0.333. The van der Waals surface area contributed by atoms with E-state index in [0.29, 0.717) is 44.8 Å². The summed E-state index contributed by atoms with van der Waals surface area (Å²) in [6.07, 6.45) is 1.85. The Balaban J connectivity index is 1.27. The fourth-order valence-corrected chi connectivity index (χ4v) is 6.95. The Morgan fingerprint density at radius 3 is 2.48 bits per heavy atom. The maximum atomic E-state index is 11.7. The molecular formula is C36H36BrClN4O6. The highest BCUT2D eigenvalue weighted by Crippen LogP contribution is 2.45. The van der Waals surface area contributed by atoms with E-state index in [1.807, 2.05) is 42.5 Å². The number of carboxylic acids is 1. The number of pyridine rings is 2. The van der Waals surface area contributed by atoms with Crippen molar-refractivity contribution in [2.75, 3.05) is 33.9 Å². The van der Waals surface area contributed by atoms with Crippen molar-refractivity contribution in [3.05, 3.63) is 86.3 Å². The van der Waals surface area contributed by atoms with Gasteiger partial charge in [-0.3, -0.25) is 9.79 Å². The molecule has 0 amide bonds. The normalized spacial score (nSPS) is 16.5. The topological polar surface area (TPSA) is 135 Å².